The van der Waals surface area contributed by atoms with E-state index in [1.165, 1.54) is 5.52 Å². The van der Waals surface area contributed by atoms with E-state index in [2.05, 4.69) is 50.9 Å². The summed E-state index contributed by atoms with van der Waals surface area (Å²) in [6.07, 6.45) is 2.64. The lowest BCUT2D eigenvalue weighted by Crippen LogP contribution is -2.13. The summed E-state index contributed by atoms with van der Waals surface area (Å²) < 4.78 is 8.19. The number of halogens is 1. The van der Waals surface area contributed by atoms with Gasteiger partial charge in [0, 0.05) is 18.7 Å². The lowest BCUT2D eigenvalue weighted by atomic mass is 10.1. The number of hydrogen-bond acceptors (Lipinski definition) is 3. The van der Waals surface area contributed by atoms with Crippen LogP contribution in [0.1, 0.15) is 35.3 Å². The summed E-state index contributed by atoms with van der Waals surface area (Å²) in [5, 5.41) is 2.96. The Kier molecular flexibility index (Phi) is 5.81. The number of furan rings is 1. The van der Waals surface area contributed by atoms with Crippen LogP contribution in [-0.4, -0.2) is 15.5 Å². The first-order chi connectivity index (χ1) is 14.2. The summed E-state index contributed by atoms with van der Waals surface area (Å²) in [5.41, 5.74) is 4.07. The number of carbonyl (C=O) groups excluding carboxylic acids is 1. The van der Waals surface area contributed by atoms with E-state index in [1.807, 2.05) is 30.3 Å². The molecule has 1 N–H and O–H groups in total. The Morgan fingerprint density at radius 3 is 2.66 bits per heavy atom. The molecule has 0 spiro atoms. The second-order valence-electron chi connectivity index (χ2n) is 6.88. The van der Waals surface area contributed by atoms with E-state index in [4.69, 9.17) is 9.40 Å². The molecule has 2 aromatic carbocycles. The van der Waals surface area contributed by atoms with Gasteiger partial charge in [-0.25, -0.2) is 4.98 Å². The zero-order chi connectivity index (χ0) is 20.2. The van der Waals surface area contributed by atoms with Crippen LogP contribution in [0.25, 0.3) is 11.0 Å². The molecule has 0 aliphatic heterocycles. The van der Waals surface area contributed by atoms with Crippen molar-refractivity contribution in [3.05, 3.63) is 82.5 Å². The summed E-state index contributed by atoms with van der Waals surface area (Å²) in [6, 6.07) is 19.5. The van der Waals surface area contributed by atoms with Gasteiger partial charge < -0.3 is 14.3 Å². The van der Waals surface area contributed by atoms with Crippen LogP contribution < -0.4 is 5.32 Å². The first kappa shape index (κ1) is 19.5. The third-order valence-corrected chi connectivity index (χ3v) is 5.29. The molecule has 0 unspecified atom stereocenters. The SMILES string of the molecule is CCCn1c(CCc2ccccc2NC(=O)c2ccc(Br)o2)nc2ccccc21. The zero-order valence-corrected chi connectivity index (χ0v) is 17.8. The van der Waals surface area contributed by atoms with Crippen LogP contribution in [-0.2, 0) is 19.4 Å². The Labute approximate surface area is 177 Å². The topological polar surface area (TPSA) is 60.1 Å². The number of rotatable bonds is 7. The lowest BCUT2D eigenvalue weighted by molar-refractivity contribution is 0.0995. The number of aromatic nitrogens is 2. The number of amides is 1. The Balaban J connectivity index is 1.54. The van der Waals surface area contributed by atoms with Crippen molar-refractivity contribution in [3.8, 4) is 0 Å². The van der Waals surface area contributed by atoms with E-state index < -0.39 is 0 Å². The maximum absolute atomic E-state index is 12.5. The van der Waals surface area contributed by atoms with Gasteiger partial charge in [0.15, 0.2) is 10.4 Å². The molecule has 0 radical (unpaired) electrons. The molecule has 0 saturated heterocycles. The maximum atomic E-state index is 12.5. The molecule has 0 saturated carbocycles. The molecular weight excluding hydrogens is 430 g/mol. The second kappa shape index (κ2) is 8.66. The molecule has 6 heteroatoms. The van der Waals surface area contributed by atoms with Gasteiger partial charge in [0.25, 0.3) is 5.91 Å². The summed E-state index contributed by atoms with van der Waals surface area (Å²) >= 11 is 3.23. The van der Waals surface area contributed by atoms with E-state index >= 15 is 0 Å². The second-order valence-corrected chi connectivity index (χ2v) is 7.66. The van der Waals surface area contributed by atoms with Gasteiger partial charge in [0.05, 0.1) is 11.0 Å². The Bertz CT molecular complexity index is 1150. The summed E-state index contributed by atoms with van der Waals surface area (Å²) in [5.74, 6) is 1.09. The van der Waals surface area contributed by atoms with Crippen molar-refractivity contribution in [2.24, 2.45) is 0 Å². The van der Waals surface area contributed by atoms with E-state index in [0.29, 0.717) is 4.67 Å². The fraction of sp³-hybridized carbons (Fsp3) is 0.217. The molecular formula is C23H22BrN3O2. The highest BCUT2D eigenvalue weighted by Gasteiger charge is 2.14. The van der Waals surface area contributed by atoms with E-state index in [9.17, 15) is 4.79 Å². The van der Waals surface area contributed by atoms with Crippen molar-refractivity contribution in [2.45, 2.75) is 32.7 Å². The van der Waals surface area contributed by atoms with Gasteiger partial charge in [0.1, 0.15) is 5.82 Å². The molecule has 29 heavy (non-hydrogen) atoms. The molecule has 0 fully saturated rings. The molecule has 148 valence electrons. The number of nitrogens with zero attached hydrogens (tertiary/aromatic N) is 2. The number of fused-ring (bicyclic) bond motifs is 1. The van der Waals surface area contributed by atoms with Gasteiger partial charge in [-0.1, -0.05) is 37.3 Å². The predicted molar refractivity (Wildman–Crippen MR) is 118 cm³/mol. The number of carbonyl (C=O) groups is 1. The van der Waals surface area contributed by atoms with Crippen molar-refractivity contribution < 1.29 is 9.21 Å². The summed E-state index contributed by atoms with van der Waals surface area (Å²) in [7, 11) is 0. The van der Waals surface area contributed by atoms with Crippen molar-refractivity contribution >= 4 is 38.6 Å². The van der Waals surface area contributed by atoms with Gasteiger partial charge >= 0.3 is 0 Å². The summed E-state index contributed by atoms with van der Waals surface area (Å²) in [6.45, 7) is 3.12. The molecule has 1 amide bonds. The van der Waals surface area contributed by atoms with Crippen LogP contribution in [0.3, 0.4) is 0 Å². The van der Waals surface area contributed by atoms with E-state index in [1.54, 1.807) is 12.1 Å². The first-order valence-corrected chi connectivity index (χ1v) is 10.5. The average Bonchev–Trinajstić information content (AvgIpc) is 3.32. The molecule has 0 bridgehead atoms. The first-order valence-electron chi connectivity index (χ1n) is 9.74. The standard InChI is InChI=1S/C23H22BrN3O2/c1-2-15-27-19-10-6-5-9-18(19)25-22(27)14-11-16-7-3-4-8-17(16)26-23(28)20-12-13-21(24)29-20/h3-10,12-13H,2,11,14-15H2,1H3,(H,26,28). The monoisotopic (exact) mass is 451 g/mol. The van der Waals surface area contributed by atoms with Crippen molar-refractivity contribution in [3.63, 3.8) is 0 Å². The number of benzene rings is 2. The van der Waals surface area contributed by atoms with Crippen LogP contribution in [0.4, 0.5) is 5.69 Å². The molecule has 4 rings (SSSR count). The largest absolute Gasteiger partial charge is 0.444 e. The van der Waals surface area contributed by atoms with Gasteiger partial charge in [0.2, 0.25) is 0 Å². The third-order valence-electron chi connectivity index (χ3n) is 4.86. The minimum Gasteiger partial charge on any atom is -0.444 e. The maximum Gasteiger partial charge on any atom is 0.291 e. The number of aryl methyl sites for hydroxylation is 3. The fourth-order valence-electron chi connectivity index (χ4n) is 3.52. The molecule has 0 aliphatic carbocycles. The molecule has 5 nitrogen and oxygen atoms in total. The number of imidazole rings is 1. The van der Waals surface area contributed by atoms with Gasteiger partial charge in [-0.3, -0.25) is 4.79 Å². The highest BCUT2D eigenvalue weighted by atomic mass is 79.9. The number of hydrogen-bond donors (Lipinski definition) is 1. The van der Waals surface area contributed by atoms with Crippen LogP contribution in [0.5, 0.6) is 0 Å². The number of para-hydroxylation sites is 3. The quantitative estimate of drug-likeness (QED) is 0.383. The van der Waals surface area contributed by atoms with Crippen LogP contribution in [0.15, 0.2) is 69.8 Å². The van der Waals surface area contributed by atoms with Gasteiger partial charge in [-0.05, 0) is 64.7 Å². The molecule has 4 aromatic rings. The lowest BCUT2D eigenvalue weighted by Gasteiger charge is -2.11. The molecule has 0 aliphatic rings. The highest BCUT2D eigenvalue weighted by Crippen LogP contribution is 2.22. The molecule has 0 atom stereocenters. The van der Waals surface area contributed by atoms with Crippen molar-refractivity contribution in [2.75, 3.05) is 5.32 Å². The van der Waals surface area contributed by atoms with Crippen molar-refractivity contribution in [1.29, 1.82) is 0 Å². The van der Waals surface area contributed by atoms with Gasteiger partial charge in [-0.2, -0.15) is 0 Å². The summed E-state index contributed by atoms with van der Waals surface area (Å²) in [4.78, 5) is 17.3. The number of anilines is 1. The van der Waals surface area contributed by atoms with Crippen LogP contribution in [0.2, 0.25) is 0 Å². The van der Waals surface area contributed by atoms with Gasteiger partial charge in [-0.15, -0.1) is 0 Å². The third kappa shape index (κ3) is 4.27. The van der Waals surface area contributed by atoms with Crippen LogP contribution >= 0.6 is 15.9 Å². The Morgan fingerprint density at radius 1 is 1.07 bits per heavy atom. The molecule has 2 heterocycles. The smallest absolute Gasteiger partial charge is 0.291 e. The number of nitrogens with one attached hydrogen (secondary N) is 1. The minimum absolute atomic E-state index is 0.263. The normalized spacial score (nSPS) is 11.1. The van der Waals surface area contributed by atoms with E-state index in [0.717, 1.165) is 48.4 Å². The van der Waals surface area contributed by atoms with E-state index in [-0.39, 0.29) is 11.7 Å². The fourth-order valence-corrected chi connectivity index (χ4v) is 3.82. The highest BCUT2D eigenvalue weighted by molar-refractivity contribution is 9.10. The predicted octanol–water partition coefficient (Wildman–Crippen LogP) is 5.84. The zero-order valence-electron chi connectivity index (χ0n) is 16.2. The Hall–Kier alpha value is -2.86. The minimum atomic E-state index is -0.263. The Morgan fingerprint density at radius 2 is 1.86 bits per heavy atom. The van der Waals surface area contributed by atoms with Crippen LogP contribution in [0, 0.1) is 0 Å². The average molecular weight is 452 g/mol. The van der Waals surface area contributed by atoms with Crippen molar-refractivity contribution in [1.82, 2.24) is 9.55 Å². The molecule has 2 aromatic heterocycles.